The SMILES string of the molecule is CC(=O)Oc1cc(C(C)CO)cc(C(C)(C)C)c1. The second-order valence-corrected chi connectivity index (χ2v) is 5.72. The molecule has 0 aliphatic carbocycles. The Hall–Kier alpha value is -1.35. The molecule has 18 heavy (non-hydrogen) atoms. The molecule has 1 aromatic rings. The molecule has 0 spiro atoms. The van der Waals surface area contributed by atoms with Crippen LogP contribution in [0.1, 0.15) is 51.7 Å². The summed E-state index contributed by atoms with van der Waals surface area (Å²) in [6.45, 7) is 9.72. The Kier molecular flexibility index (Phi) is 4.52. The lowest BCUT2D eigenvalue weighted by atomic mass is 9.84. The van der Waals surface area contributed by atoms with Gasteiger partial charge in [-0.1, -0.05) is 33.8 Å². The fourth-order valence-corrected chi connectivity index (χ4v) is 1.67. The Balaban J connectivity index is 3.24. The monoisotopic (exact) mass is 250 g/mol. The zero-order chi connectivity index (χ0) is 13.9. The lowest BCUT2D eigenvalue weighted by Crippen LogP contribution is -2.13. The summed E-state index contributed by atoms with van der Waals surface area (Å²) in [4.78, 5) is 11.1. The van der Waals surface area contributed by atoms with Gasteiger partial charge in [0.1, 0.15) is 5.75 Å². The molecule has 3 heteroatoms. The molecule has 0 amide bonds. The largest absolute Gasteiger partial charge is 0.427 e. The lowest BCUT2D eigenvalue weighted by molar-refractivity contribution is -0.131. The van der Waals surface area contributed by atoms with Crippen molar-refractivity contribution in [3.05, 3.63) is 29.3 Å². The molecule has 0 bridgehead atoms. The number of ether oxygens (including phenoxy) is 1. The van der Waals surface area contributed by atoms with Crippen LogP contribution < -0.4 is 4.74 Å². The minimum absolute atomic E-state index is 0.0277. The molecule has 0 radical (unpaired) electrons. The number of hydrogen-bond donors (Lipinski definition) is 1. The van der Waals surface area contributed by atoms with Gasteiger partial charge in [-0.3, -0.25) is 4.79 Å². The zero-order valence-corrected chi connectivity index (χ0v) is 11.8. The number of aliphatic hydroxyl groups is 1. The Morgan fingerprint density at radius 3 is 2.39 bits per heavy atom. The maximum Gasteiger partial charge on any atom is 0.308 e. The standard InChI is InChI=1S/C15H22O3/c1-10(9-16)12-6-13(15(3,4)5)8-14(7-12)18-11(2)17/h6-8,10,16H,9H2,1-5H3. The fourth-order valence-electron chi connectivity index (χ4n) is 1.67. The van der Waals surface area contributed by atoms with Crippen molar-refractivity contribution in [2.24, 2.45) is 0 Å². The first kappa shape index (κ1) is 14.7. The molecule has 0 saturated heterocycles. The van der Waals surface area contributed by atoms with Gasteiger partial charge in [0.15, 0.2) is 0 Å². The van der Waals surface area contributed by atoms with E-state index in [1.54, 1.807) is 0 Å². The topological polar surface area (TPSA) is 46.5 Å². The number of hydrogen-bond acceptors (Lipinski definition) is 3. The molecule has 1 N–H and O–H groups in total. The Bertz CT molecular complexity index is 430. The Morgan fingerprint density at radius 1 is 1.33 bits per heavy atom. The van der Waals surface area contributed by atoms with Crippen LogP contribution in [0.25, 0.3) is 0 Å². The molecule has 0 aliphatic heterocycles. The summed E-state index contributed by atoms with van der Waals surface area (Å²) in [5.74, 6) is 0.246. The summed E-state index contributed by atoms with van der Waals surface area (Å²) in [6, 6.07) is 5.76. The van der Waals surface area contributed by atoms with Crippen molar-refractivity contribution in [3.63, 3.8) is 0 Å². The van der Waals surface area contributed by atoms with Gasteiger partial charge < -0.3 is 9.84 Å². The summed E-state index contributed by atoms with van der Waals surface area (Å²) in [7, 11) is 0. The van der Waals surface area contributed by atoms with Crippen molar-refractivity contribution in [3.8, 4) is 5.75 Å². The van der Waals surface area contributed by atoms with E-state index in [2.05, 4.69) is 26.8 Å². The van der Waals surface area contributed by atoms with Gasteiger partial charge in [-0.2, -0.15) is 0 Å². The van der Waals surface area contributed by atoms with Gasteiger partial charge in [-0.15, -0.1) is 0 Å². The molecule has 0 aliphatic rings. The number of rotatable bonds is 3. The third-order valence-corrected chi connectivity index (χ3v) is 2.90. The maximum atomic E-state index is 11.1. The van der Waals surface area contributed by atoms with Gasteiger partial charge in [0.05, 0.1) is 0 Å². The first-order valence-corrected chi connectivity index (χ1v) is 6.18. The zero-order valence-electron chi connectivity index (χ0n) is 11.8. The minimum Gasteiger partial charge on any atom is -0.427 e. The molecule has 0 heterocycles. The Morgan fingerprint density at radius 2 is 1.94 bits per heavy atom. The van der Waals surface area contributed by atoms with Gasteiger partial charge in [0.2, 0.25) is 0 Å². The van der Waals surface area contributed by atoms with Crippen LogP contribution in [0.15, 0.2) is 18.2 Å². The highest BCUT2D eigenvalue weighted by Gasteiger charge is 2.18. The van der Waals surface area contributed by atoms with E-state index < -0.39 is 0 Å². The second kappa shape index (κ2) is 5.53. The van der Waals surface area contributed by atoms with E-state index in [4.69, 9.17) is 4.74 Å². The number of esters is 1. The van der Waals surface area contributed by atoms with Crippen molar-refractivity contribution in [1.29, 1.82) is 0 Å². The van der Waals surface area contributed by atoms with E-state index in [9.17, 15) is 9.90 Å². The van der Waals surface area contributed by atoms with Crippen LogP contribution >= 0.6 is 0 Å². The van der Waals surface area contributed by atoms with Crippen LogP contribution in [0.2, 0.25) is 0 Å². The molecular formula is C15H22O3. The molecule has 0 saturated carbocycles. The summed E-state index contributed by atoms with van der Waals surface area (Å²) in [5.41, 5.74) is 2.05. The van der Waals surface area contributed by atoms with Crippen LogP contribution in [0.3, 0.4) is 0 Å². The fraction of sp³-hybridized carbons (Fsp3) is 0.533. The summed E-state index contributed by atoms with van der Waals surface area (Å²) < 4.78 is 5.16. The second-order valence-electron chi connectivity index (χ2n) is 5.72. The molecule has 100 valence electrons. The first-order chi connectivity index (χ1) is 8.24. The predicted octanol–water partition coefficient (Wildman–Crippen LogP) is 3.01. The van der Waals surface area contributed by atoms with E-state index in [0.717, 1.165) is 11.1 Å². The summed E-state index contributed by atoms with van der Waals surface area (Å²) in [5, 5.41) is 9.25. The lowest BCUT2D eigenvalue weighted by Gasteiger charge is -2.22. The quantitative estimate of drug-likeness (QED) is 0.662. The predicted molar refractivity (Wildman–Crippen MR) is 72.0 cm³/mol. The normalized spacial score (nSPS) is 13.2. The highest BCUT2D eigenvalue weighted by molar-refractivity contribution is 5.69. The van der Waals surface area contributed by atoms with Crippen LogP contribution in [-0.2, 0) is 10.2 Å². The van der Waals surface area contributed by atoms with E-state index in [1.807, 2.05) is 19.1 Å². The first-order valence-electron chi connectivity index (χ1n) is 6.18. The van der Waals surface area contributed by atoms with Crippen molar-refractivity contribution >= 4 is 5.97 Å². The van der Waals surface area contributed by atoms with Crippen LogP contribution in [0.5, 0.6) is 5.75 Å². The van der Waals surface area contributed by atoms with Gasteiger partial charge in [0, 0.05) is 19.4 Å². The van der Waals surface area contributed by atoms with Crippen LogP contribution in [0, 0.1) is 0 Å². The van der Waals surface area contributed by atoms with Gasteiger partial charge in [0.25, 0.3) is 0 Å². The molecule has 1 unspecified atom stereocenters. The highest BCUT2D eigenvalue weighted by atomic mass is 16.5. The smallest absolute Gasteiger partial charge is 0.308 e. The molecule has 1 atom stereocenters. The van der Waals surface area contributed by atoms with Crippen molar-refractivity contribution in [2.45, 2.75) is 46.0 Å². The Labute approximate surface area is 109 Å². The van der Waals surface area contributed by atoms with Gasteiger partial charge in [-0.05, 0) is 28.7 Å². The molecule has 3 nitrogen and oxygen atoms in total. The minimum atomic E-state index is -0.330. The maximum absolute atomic E-state index is 11.1. The van der Waals surface area contributed by atoms with Gasteiger partial charge in [-0.25, -0.2) is 0 Å². The van der Waals surface area contributed by atoms with Crippen LogP contribution in [0.4, 0.5) is 0 Å². The van der Waals surface area contributed by atoms with E-state index >= 15 is 0 Å². The van der Waals surface area contributed by atoms with Gasteiger partial charge >= 0.3 is 5.97 Å². The van der Waals surface area contributed by atoms with Crippen molar-refractivity contribution in [1.82, 2.24) is 0 Å². The highest BCUT2D eigenvalue weighted by Crippen LogP contribution is 2.30. The van der Waals surface area contributed by atoms with E-state index in [0.29, 0.717) is 5.75 Å². The average Bonchev–Trinajstić information content (AvgIpc) is 2.25. The van der Waals surface area contributed by atoms with E-state index in [1.165, 1.54) is 6.92 Å². The molecule has 1 rings (SSSR count). The summed E-state index contributed by atoms with van der Waals surface area (Å²) >= 11 is 0. The molecule has 0 fully saturated rings. The average molecular weight is 250 g/mol. The number of aliphatic hydroxyl groups excluding tert-OH is 1. The van der Waals surface area contributed by atoms with E-state index in [-0.39, 0.29) is 23.9 Å². The molecule has 0 aromatic heterocycles. The third-order valence-electron chi connectivity index (χ3n) is 2.90. The third kappa shape index (κ3) is 3.84. The summed E-state index contributed by atoms with van der Waals surface area (Å²) in [6.07, 6.45) is 0. The molecular weight excluding hydrogens is 228 g/mol. The number of carbonyl (C=O) groups is 1. The van der Waals surface area contributed by atoms with Crippen molar-refractivity contribution in [2.75, 3.05) is 6.61 Å². The van der Waals surface area contributed by atoms with Crippen molar-refractivity contribution < 1.29 is 14.6 Å². The molecule has 1 aromatic carbocycles. The number of benzene rings is 1. The van der Waals surface area contributed by atoms with Crippen LogP contribution in [-0.4, -0.2) is 17.7 Å². The number of carbonyl (C=O) groups excluding carboxylic acids is 1.